The lowest BCUT2D eigenvalue weighted by atomic mass is 10.00. The third-order valence-electron chi connectivity index (χ3n) is 6.30. The van der Waals surface area contributed by atoms with Gasteiger partial charge in [-0.15, -0.1) is 0 Å². The number of alkyl halides is 3. The number of amides is 2. The van der Waals surface area contributed by atoms with Crippen molar-refractivity contribution < 1.29 is 37.9 Å². The Labute approximate surface area is 238 Å². The predicted molar refractivity (Wildman–Crippen MR) is 146 cm³/mol. The van der Waals surface area contributed by atoms with Crippen molar-refractivity contribution in [2.24, 2.45) is 10.9 Å². The van der Waals surface area contributed by atoms with Crippen molar-refractivity contribution in [3.8, 4) is 17.2 Å². The Balaban J connectivity index is 0.000000616. The van der Waals surface area contributed by atoms with Gasteiger partial charge in [0.2, 0.25) is 11.8 Å². The normalized spacial score (nSPS) is 13.9. The van der Waals surface area contributed by atoms with E-state index in [4.69, 9.17) is 20.8 Å². The van der Waals surface area contributed by atoms with Crippen LogP contribution in [-0.2, 0) is 20.8 Å². The van der Waals surface area contributed by atoms with Crippen molar-refractivity contribution >= 4 is 29.3 Å². The highest BCUT2D eigenvalue weighted by Gasteiger charge is 2.38. The molecule has 218 valence electrons. The Hall–Kier alpha value is -5.38. The van der Waals surface area contributed by atoms with E-state index in [1.807, 2.05) is 36.4 Å². The van der Waals surface area contributed by atoms with Gasteiger partial charge in [-0.1, -0.05) is 53.7 Å². The van der Waals surface area contributed by atoms with Gasteiger partial charge < -0.3 is 26.3 Å². The molecule has 1 atom stereocenters. The number of anilines is 1. The molecule has 1 heterocycles. The molecule has 2 amide bonds. The second-order valence-corrected chi connectivity index (χ2v) is 9.12. The Kier molecular flexibility index (Phi) is 10.2. The van der Waals surface area contributed by atoms with Gasteiger partial charge in [-0.05, 0) is 47.4 Å². The number of carbonyl (C=O) groups is 3. The summed E-state index contributed by atoms with van der Waals surface area (Å²) >= 11 is 0. The number of nitrogens with one attached hydrogen (secondary N) is 1. The largest absolute Gasteiger partial charge is 0.490 e. The first-order valence-corrected chi connectivity index (χ1v) is 12.5. The summed E-state index contributed by atoms with van der Waals surface area (Å²) in [6.07, 6.45) is -3.67. The summed E-state index contributed by atoms with van der Waals surface area (Å²) in [6, 6.07) is 23.1. The number of hydrogen-bond acceptors (Lipinski definition) is 6. The molecule has 1 saturated heterocycles. The molecule has 3 aromatic carbocycles. The van der Waals surface area contributed by atoms with E-state index in [-0.39, 0.29) is 24.1 Å². The number of carboxylic acid groups (broad SMARTS) is 1. The van der Waals surface area contributed by atoms with Crippen molar-refractivity contribution in [1.82, 2.24) is 4.90 Å². The average Bonchev–Trinajstić information content (AvgIpc) is 3.41. The van der Waals surface area contributed by atoms with Crippen LogP contribution in [0.15, 0.2) is 78.0 Å². The molecule has 42 heavy (non-hydrogen) atoms. The molecule has 0 saturated carbocycles. The Bertz CT molecular complexity index is 1520. The summed E-state index contributed by atoms with van der Waals surface area (Å²) in [7, 11) is 0. The zero-order valence-electron chi connectivity index (χ0n) is 22.0. The molecule has 1 aliphatic rings. The quantitative estimate of drug-likeness (QED) is 0.141. The molecule has 1 aliphatic heterocycles. The Morgan fingerprint density at radius 1 is 1.10 bits per heavy atom. The van der Waals surface area contributed by atoms with E-state index in [9.17, 15) is 28.0 Å². The number of likely N-dealkylation sites (tertiary alicyclic amines) is 1. The number of amidine groups is 1. The van der Waals surface area contributed by atoms with Gasteiger partial charge in [-0.3, -0.25) is 9.59 Å². The lowest BCUT2D eigenvalue weighted by Gasteiger charge is -2.27. The smallest absolute Gasteiger partial charge is 0.475 e. The highest BCUT2D eigenvalue weighted by molar-refractivity contribution is 5.99. The third kappa shape index (κ3) is 8.07. The van der Waals surface area contributed by atoms with Crippen LogP contribution in [0.5, 0.6) is 0 Å². The highest BCUT2D eigenvalue weighted by atomic mass is 19.4. The zero-order chi connectivity index (χ0) is 30.9. The van der Waals surface area contributed by atoms with Gasteiger partial charge in [-0.25, -0.2) is 4.79 Å². The standard InChI is InChI=1S/C27H25N5O3.C2HF3O2/c28-17-21-6-1-2-8-23(21)19-10-12-22(13-11-19)30-27(34)24(32-14-4-9-25(32)33)16-18-5-3-7-20(15-18)26(29)31-35;3-2(4,5)1(6)7/h1-3,5-8,10-13,15,24,35H,4,9,14,16H2,(H2,29,31)(H,30,34);(H,6,7). The maximum absolute atomic E-state index is 13.3. The minimum atomic E-state index is -5.08. The van der Waals surface area contributed by atoms with Gasteiger partial charge in [0, 0.05) is 30.6 Å². The number of nitriles is 1. The number of rotatable bonds is 7. The number of nitrogens with two attached hydrogens (primary N) is 1. The molecule has 0 bridgehead atoms. The van der Waals surface area contributed by atoms with Crippen molar-refractivity contribution in [2.75, 3.05) is 11.9 Å². The number of oxime groups is 1. The molecule has 0 radical (unpaired) electrons. The maximum Gasteiger partial charge on any atom is 0.490 e. The van der Waals surface area contributed by atoms with Crippen molar-refractivity contribution in [2.45, 2.75) is 31.5 Å². The lowest BCUT2D eigenvalue weighted by molar-refractivity contribution is -0.192. The van der Waals surface area contributed by atoms with Crippen LogP contribution in [0.1, 0.15) is 29.5 Å². The number of carboxylic acids is 1. The summed E-state index contributed by atoms with van der Waals surface area (Å²) in [5.74, 6) is -3.13. The number of carbonyl (C=O) groups excluding carboxylic acids is 2. The van der Waals surface area contributed by atoms with Crippen molar-refractivity contribution in [3.63, 3.8) is 0 Å². The van der Waals surface area contributed by atoms with Gasteiger partial charge >= 0.3 is 12.1 Å². The first-order chi connectivity index (χ1) is 19.9. The first-order valence-electron chi connectivity index (χ1n) is 12.5. The molecule has 3 aromatic rings. The van der Waals surface area contributed by atoms with Crippen LogP contribution in [-0.4, -0.2) is 57.6 Å². The van der Waals surface area contributed by atoms with Gasteiger partial charge in [0.1, 0.15) is 6.04 Å². The topological polar surface area (TPSA) is 169 Å². The molecule has 0 spiro atoms. The van der Waals surface area contributed by atoms with E-state index in [1.165, 1.54) is 0 Å². The predicted octanol–water partition coefficient (Wildman–Crippen LogP) is 4.13. The fourth-order valence-corrected chi connectivity index (χ4v) is 4.27. The van der Waals surface area contributed by atoms with Crippen LogP contribution in [0.3, 0.4) is 0 Å². The number of hydrogen-bond donors (Lipinski definition) is 4. The van der Waals surface area contributed by atoms with Crippen LogP contribution < -0.4 is 11.1 Å². The fraction of sp³-hybridized carbons (Fsp3) is 0.207. The van der Waals surface area contributed by atoms with Crippen LogP contribution in [0.2, 0.25) is 0 Å². The molecular formula is C29H26F3N5O5. The van der Waals surface area contributed by atoms with Gasteiger partial charge in [-0.2, -0.15) is 18.4 Å². The zero-order valence-corrected chi connectivity index (χ0v) is 22.0. The van der Waals surface area contributed by atoms with Crippen molar-refractivity contribution in [3.05, 3.63) is 89.5 Å². The third-order valence-corrected chi connectivity index (χ3v) is 6.30. The first kappa shape index (κ1) is 31.2. The van der Waals surface area contributed by atoms with Crippen LogP contribution in [0, 0.1) is 11.3 Å². The summed E-state index contributed by atoms with van der Waals surface area (Å²) in [4.78, 5) is 36.3. The molecule has 1 fully saturated rings. The van der Waals surface area contributed by atoms with E-state index in [2.05, 4.69) is 16.5 Å². The summed E-state index contributed by atoms with van der Waals surface area (Å²) in [5, 5.41) is 31.4. The van der Waals surface area contributed by atoms with Crippen LogP contribution >= 0.6 is 0 Å². The van der Waals surface area contributed by atoms with Crippen LogP contribution in [0.25, 0.3) is 11.1 Å². The molecule has 1 unspecified atom stereocenters. The van der Waals surface area contributed by atoms with Gasteiger partial charge in [0.15, 0.2) is 5.84 Å². The van der Waals surface area contributed by atoms with E-state index >= 15 is 0 Å². The number of benzene rings is 3. The summed E-state index contributed by atoms with van der Waals surface area (Å²) in [5.41, 5.74) is 9.89. The minimum Gasteiger partial charge on any atom is -0.475 e. The second-order valence-electron chi connectivity index (χ2n) is 9.12. The molecule has 4 rings (SSSR count). The highest BCUT2D eigenvalue weighted by Crippen LogP contribution is 2.25. The number of aliphatic carboxylic acids is 1. The monoisotopic (exact) mass is 581 g/mol. The summed E-state index contributed by atoms with van der Waals surface area (Å²) in [6.45, 7) is 0.515. The SMILES string of the molecule is N#Cc1ccccc1-c1ccc(NC(=O)C(Cc2cccc(/C(N)=N/O)c2)N2CCCC2=O)cc1.O=C(O)C(F)(F)F. The molecule has 0 aromatic heterocycles. The van der Waals surface area contributed by atoms with Gasteiger partial charge in [0.05, 0.1) is 11.6 Å². The van der Waals surface area contributed by atoms with E-state index in [0.717, 1.165) is 16.7 Å². The van der Waals surface area contributed by atoms with Crippen molar-refractivity contribution in [1.29, 1.82) is 5.26 Å². The molecule has 5 N–H and O–H groups in total. The van der Waals surface area contributed by atoms with Crippen LogP contribution in [0.4, 0.5) is 18.9 Å². The Morgan fingerprint density at radius 3 is 2.33 bits per heavy atom. The number of nitrogens with zero attached hydrogens (tertiary/aromatic N) is 3. The van der Waals surface area contributed by atoms with E-state index in [1.54, 1.807) is 41.3 Å². The van der Waals surface area contributed by atoms with Gasteiger partial charge in [0.25, 0.3) is 0 Å². The summed E-state index contributed by atoms with van der Waals surface area (Å²) < 4.78 is 31.7. The average molecular weight is 582 g/mol. The Morgan fingerprint density at radius 2 is 1.76 bits per heavy atom. The molecule has 10 nitrogen and oxygen atoms in total. The van der Waals surface area contributed by atoms with E-state index in [0.29, 0.717) is 36.2 Å². The molecule has 0 aliphatic carbocycles. The molecule has 13 heteroatoms. The van der Waals surface area contributed by atoms with E-state index < -0.39 is 18.2 Å². The fourth-order valence-electron chi connectivity index (χ4n) is 4.27. The molecular weight excluding hydrogens is 555 g/mol. The second kappa shape index (κ2) is 13.8. The maximum atomic E-state index is 13.3. The lowest BCUT2D eigenvalue weighted by Crippen LogP contribution is -2.46. The minimum absolute atomic E-state index is 0.0249. The number of halogens is 3.